The van der Waals surface area contributed by atoms with Gasteiger partial charge >= 0.3 is 0 Å². The van der Waals surface area contributed by atoms with E-state index in [2.05, 4.69) is 22.4 Å². The summed E-state index contributed by atoms with van der Waals surface area (Å²) < 4.78 is 27.6. The number of nitrogens with one attached hydrogen (secondary N) is 1. The van der Waals surface area contributed by atoms with Gasteiger partial charge in [-0.1, -0.05) is 24.3 Å². The Balaban J connectivity index is 1.68. The van der Waals surface area contributed by atoms with Gasteiger partial charge in [0.15, 0.2) is 0 Å². The van der Waals surface area contributed by atoms with Crippen LogP contribution in [0.1, 0.15) is 11.1 Å². The molecule has 0 radical (unpaired) electrons. The molecule has 140 valence electrons. The SMILES string of the molecule is CNc1ccc(/C=C/c2ccc(OCCOCCOCC[19F])nc2)cc1. The maximum Gasteiger partial charge on any atom is 0.213 e. The van der Waals surface area contributed by atoms with Gasteiger partial charge in [0, 0.05) is 25.0 Å². The first kappa shape index (κ1) is 19.9. The van der Waals surface area contributed by atoms with Gasteiger partial charge in [0.25, 0.3) is 0 Å². The van der Waals surface area contributed by atoms with Crippen molar-refractivity contribution >= 4 is 17.8 Å². The third-order valence-electron chi connectivity index (χ3n) is 3.50. The maximum absolute atomic E-state index is 11.8. The van der Waals surface area contributed by atoms with Gasteiger partial charge in [0.1, 0.15) is 13.3 Å². The topological polar surface area (TPSA) is 52.6 Å². The molecule has 0 aliphatic heterocycles. The van der Waals surface area contributed by atoms with Crippen LogP contribution in [0, 0.1) is 0 Å². The average molecular weight is 360 g/mol. The smallest absolute Gasteiger partial charge is 0.213 e. The molecule has 0 aliphatic carbocycles. The Morgan fingerprint density at radius 2 is 1.54 bits per heavy atom. The zero-order chi connectivity index (χ0) is 18.5. The van der Waals surface area contributed by atoms with Crippen molar-refractivity contribution in [2.75, 3.05) is 52.1 Å². The summed E-state index contributed by atoms with van der Waals surface area (Å²) in [6, 6.07) is 11.9. The van der Waals surface area contributed by atoms with E-state index < -0.39 is 6.67 Å². The number of anilines is 1. The number of hydrogen-bond acceptors (Lipinski definition) is 5. The molecule has 2 rings (SSSR count). The van der Waals surface area contributed by atoms with Gasteiger partial charge in [-0.15, -0.1) is 0 Å². The second kappa shape index (κ2) is 12.0. The van der Waals surface area contributed by atoms with Gasteiger partial charge in [0.05, 0.1) is 26.4 Å². The number of hydrogen-bond donors (Lipinski definition) is 1. The third kappa shape index (κ3) is 7.63. The Labute approximate surface area is 153 Å². The third-order valence-corrected chi connectivity index (χ3v) is 3.50. The molecule has 6 heteroatoms. The van der Waals surface area contributed by atoms with E-state index in [4.69, 9.17) is 14.2 Å². The number of alkyl halides is 1. The lowest BCUT2D eigenvalue weighted by Crippen LogP contribution is -2.11. The molecule has 1 heterocycles. The van der Waals surface area contributed by atoms with Crippen LogP contribution in [0.4, 0.5) is 10.1 Å². The molecule has 0 saturated carbocycles. The van der Waals surface area contributed by atoms with Crippen molar-refractivity contribution in [2.45, 2.75) is 0 Å². The van der Waals surface area contributed by atoms with Crippen LogP contribution < -0.4 is 10.1 Å². The zero-order valence-corrected chi connectivity index (χ0v) is 15.0. The Morgan fingerprint density at radius 3 is 2.19 bits per heavy atom. The standard InChI is InChI=1S/C20H25FN2O3/c1-22-19-7-4-17(5-8-19)2-3-18-6-9-20(23-16-18)26-15-14-25-13-12-24-11-10-21/h2-9,16,22H,10-15H2,1H3/b3-2+/i21+0. The van der Waals surface area contributed by atoms with Crippen molar-refractivity contribution in [1.82, 2.24) is 4.98 Å². The van der Waals surface area contributed by atoms with Crippen molar-refractivity contribution in [1.29, 1.82) is 0 Å². The lowest BCUT2D eigenvalue weighted by atomic mass is 10.1. The molecule has 1 aromatic heterocycles. The molecule has 0 unspecified atom stereocenters. The molecule has 0 bridgehead atoms. The Hall–Kier alpha value is -2.44. The van der Waals surface area contributed by atoms with E-state index in [0.29, 0.717) is 32.3 Å². The number of benzene rings is 1. The number of nitrogens with zero attached hydrogens (tertiary/aromatic N) is 1. The molecule has 0 aliphatic rings. The van der Waals surface area contributed by atoms with Gasteiger partial charge in [-0.3, -0.25) is 0 Å². The second-order valence-electron chi connectivity index (χ2n) is 5.40. The zero-order valence-electron chi connectivity index (χ0n) is 15.0. The van der Waals surface area contributed by atoms with Crippen LogP contribution >= 0.6 is 0 Å². The van der Waals surface area contributed by atoms with Crippen LogP contribution in [0.2, 0.25) is 0 Å². The van der Waals surface area contributed by atoms with E-state index in [1.54, 1.807) is 6.20 Å². The average Bonchev–Trinajstić information content (AvgIpc) is 2.69. The quantitative estimate of drug-likeness (QED) is 0.585. The van der Waals surface area contributed by atoms with E-state index in [0.717, 1.165) is 16.8 Å². The highest BCUT2D eigenvalue weighted by Gasteiger charge is 1.96. The van der Waals surface area contributed by atoms with Crippen LogP contribution in [0.25, 0.3) is 12.2 Å². The molecule has 5 nitrogen and oxygen atoms in total. The van der Waals surface area contributed by atoms with Crippen LogP contribution in [0.5, 0.6) is 5.88 Å². The molecule has 0 saturated heterocycles. The minimum atomic E-state index is -0.470. The fourth-order valence-electron chi connectivity index (χ4n) is 2.11. The van der Waals surface area contributed by atoms with E-state index in [1.165, 1.54) is 0 Å². The molecule has 0 spiro atoms. The number of rotatable bonds is 12. The van der Waals surface area contributed by atoms with E-state index in [-0.39, 0.29) is 6.61 Å². The van der Waals surface area contributed by atoms with Gasteiger partial charge in [-0.05, 0) is 29.3 Å². The molecular weight excluding hydrogens is 335 g/mol. The lowest BCUT2D eigenvalue weighted by molar-refractivity contribution is 0.0320. The Kier molecular flexibility index (Phi) is 9.18. The van der Waals surface area contributed by atoms with Gasteiger partial charge in [-0.2, -0.15) is 0 Å². The summed E-state index contributed by atoms with van der Waals surface area (Å²) in [6.07, 6.45) is 5.81. The summed E-state index contributed by atoms with van der Waals surface area (Å²) in [6.45, 7) is 1.30. The molecular formula is C20H25FN2O3. The van der Waals surface area contributed by atoms with Crippen LogP contribution in [0.15, 0.2) is 42.6 Å². The summed E-state index contributed by atoms with van der Waals surface area (Å²) in [4.78, 5) is 4.27. The minimum Gasteiger partial charge on any atom is -0.475 e. The molecule has 0 atom stereocenters. The second-order valence-corrected chi connectivity index (χ2v) is 5.40. The first-order valence-corrected chi connectivity index (χ1v) is 8.58. The summed E-state index contributed by atoms with van der Waals surface area (Å²) >= 11 is 0. The number of pyridine rings is 1. The fourth-order valence-corrected chi connectivity index (χ4v) is 2.11. The molecule has 2 aromatic rings. The van der Waals surface area contributed by atoms with Crippen molar-refractivity contribution in [2.24, 2.45) is 0 Å². The Morgan fingerprint density at radius 1 is 0.885 bits per heavy atom. The summed E-state index contributed by atoms with van der Waals surface area (Å²) in [5, 5.41) is 3.09. The van der Waals surface area contributed by atoms with Gasteiger partial charge < -0.3 is 19.5 Å². The monoisotopic (exact) mass is 360 g/mol. The Bertz CT molecular complexity index is 645. The van der Waals surface area contributed by atoms with Crippen LogP contribution in [0.3, 0.4) is 0 Å². The predicted molar refractivity (Wildman–Crippen MR) is 102 cm³/mol. The van der Waals surface area contributed by atoms with Crippen molar-refractivity contribution < 1.29 is 18.6 Å². The highest BCUT2D eigenvalue weighted by atomic mass is 19.1. The summed E-state index contributed by atoms with van der Waals surface area (Å²) in [7, 11) is 1.90. The predicted octanol–water partition coefficient (Wildman–Crippen LogP) is 3.68. The first-order valence-electron chi connectivity index (χ1n) is 8.58. The highest BCUT2D eigenvalue weighted by molar-refractivity contribution is 5.70. The highest BCUT2D eigenvalue weighted by Crippen LogP contribution is 2.13. The normalized spacial score (nSPS) is 11.0. The fraction of sp³-hybridized carbons (Fsp3) is 0.350. The van der Waals surface area contributed by atoms with E-state index in [1.807, 2.05) is 43.5 Å². The van der Waals surface area contributed by atoms with Gasteiger partial charge in [0.2, 0.25) is 5.88 Å². The van der Waals surface area contributed by atoms with Crippen LogP contribution in [-0.2, 0) is 9.47 Å². The molecule has 1 aromatic carbocycles. The van der Waals surface area contributed by atoms with E-state index >= 15 is 0 Å². The van der Waals surface area contributed by atoms with Gasteiger partial charge in [-0.25, -0.2) is 9.37 Å². The number of halogens is 1. The lowest BCUT2D eigenvalue weighted by Gasteiger charge is -2.06. The largest absolute Gasteiger partial charge is 0.475 e. The number of ether oxygens (including phenoxy) is 3. The van der Waals surface area contributed by atoms with Crippen molar-refractivity contribution in [3.63, 3.8) is 0 Å². The van der Waals surface area contributed by atoms with Crippen molar-refractivity contribution in [3.8, 4) is 5.88 Å². The first-order chi connectivity index (χ1) is 12.8. The van der Waals surface area contributed by atoms with Crippen molar-refractivity contribution in [3.05, 3.63) is 53.7 Å². The number of aromatic nitrogens is 1. The van der Waals surface area contributed by atoms with Crippen LogP contribution in [-0.4, -0.2) is 51.7 Å². The molecule has 0 amide bonds. The molecule has 26 heavy (non-hydrogen) atoms. The summed E-state index contributed by atoms with van der Waals surface area (Å²) in [5.41, 5.74) is 3.20. The van der Waals surface area contributed by atoms with E-state index in [9.17, 15) is 4.39 Å². The molecule has 0 fully saturated rings. The summed E-state index contributed by atoms with van der Waals surface area (Å²) in [5.74, 6) is 0.554. The maximum atomic E-state index is 11.8. The molecule has 1 N–H and O–H groups in total. The minimum absolute atomic E-state index is 0.117.